The van der Waals surface area contributed by atoms with Crippen molar-refractivity contribution in [1.82, 2.24) is 14.7 Å². The van der Waals surface area contributed by atoms with Crippen molar-refractivity contribution in [2.24, 2.45) is 5.92 Å². The monoisotopic (exact) mass is 569 g/mol. The zero-order valence-corrected chi connectivity index (χ0v) is 24.6. The third-order valence-corrected chi connectivity index (χ3v) is 7.84. The van der Waals surface area contributed by atoms with Crippen LogP contribution < -0.4 is 18.9 Å². The van der Waals surface area contributed by atoms with E-state index in [1.807, 2.05) is 54.2 Å². The molecule has 2 heterocycles. The average molecular weight is 570 g/mol. The maximum atomic E-state index is 13.7. The molecule has 4 rings (SSSR count). The summed E-state index contributed by atoms with van der Waals surface area (Å²) < 4.78 is 22.7. The van der Waals surface area contributed by atoms with Gasteiger partial charge in [-0.3, -0.25) is 14.5 Å². The number of hydrogen-bond donors (Lipinski definition) is 1. The number of methoxy groups -OCH3 is 1. The van der Waals surface area contributed by atoms with Crippen molar-refractivity contribution in [1.29, 1.82) is 0 Å². The molecule has 1 N–H and O–H groups in total. The van der Waals surface area contributed by atoms with Crippen molar-refractivity contribution in [2.45, 2.75) is 38.1 Å². The van der Waals surface area contributed by atoms with Gasteiger partial charge in [0.25, 0.3) is 0 Å². The number of likely N-dealkylation sites (tertiary alicyclic amines) is 1. The highest BCUT2D eigenvalue weighted by Crippen LogP contribution is 2.42. The number of rotatable bonds is 15. The van der Waals surface area contributed by atoms with Gasteiger partial charge in [0.1, 0.15) is 6.61 Å². The van der Waals surface area contributed by atoms with E-state index < -0.39 is 17.9 Å². The molecule has 2 aliphatic heterocycles. The minimum Gasteiger partial charge on any atom is -0.493 e. The molecule has 0 spiro atoms. The van der Waals surface area contributed by atoms with Crippen molar-refractivity contribution in [3.05, 3.63) is 48.0 Å². The SMILES string of the molecule is CCCCN(CCCN(C)C)C(=O)CN1C[C@H](c2ccc3c(c2)OCO3)C(C(=O)O)[C@@H]1COc1ccccc1OC. The van der Waals surface area contributed by atoms with E-state index in [-0.39, 0.29) is 31.8 Å². The molecule has 0 bridgehead atoms. The Kier molecular flexibility index (Phi) is 10.7. The number of nitrogens with zero attached hydrogens (tertiary/aromatic N) is 3. The predicted octanol–water partition coefficient (Wildman–Crippen LogP) is 3.55. The summed E-state index contributed by atoms with van der Waals surface area (Å²) in [6, 6.07) is 12.3. The van der Waals surface area contributed by atoms with E-state index in [1.54, 1.807) is 19.2 Å². The van der Waals surface area contributed by atoms with Gasteiger partial charge in [-0.2, -0.15) is 0 Å². The molecule has 1 saturated heterocycles. The van der Waals surface area contributed by atoms with Gasteiger partial charge in [0, 0.05) is 25.6 Å². The summed E-state index contributed by atoms with van der Waals surface area (Å²) in [4.78, 5) is 32.5. The number of carbonyl (C=O) groups excluding carboxylic acids is 1. The molecule has 10 heteroatoms. The molecule has 2 aliphatic rings. The van der Waals surface area contributed by atoms with E-state index >= 15 is 0 Å². The predicted molar refractivity (Wildman–Crippen MR) is 155 cm³/mol. The summed E-state index contributed by atoms with van der Waals surface area (Å²) >= 11 is 0. The highest BCUT2D eigenvalue weighted by atomic mass is 16.7. The number of aliphatic carboxylic acids is 1. The molecule has 0 saturated carbocycles. The van der Waals surface area contributed by atoms with Crippen LogP contribution in [0.1, 0.15) is 37.7 Å². The summed E-state index contributed by atoms with van der Waals surface area (Å²) in [5, 5.41) is 10.5. The van der Waals surface area contributed by atoms with Crippen LogP contribution in [0.5, 0.6) is 23.0 Å². The first kappa shape index (κ1) is 30.5. The Hall–Kier alpha value is -3.50. The molecule has 2 aromatic rings. The Balaban J connectivity index is 1.59. The molecule has 2 aromatic carbocycles. The third-order valence-electron chi connectivity index (χ3n) is 7.84. The summed E-state index contributed by atoms with van der Waals surface area (Å²) in [5.41, 5.74) is 0.840. The Bertz CT molecular complexity index is 1170. The van der Waals surface area contributed by atoms with Crippen LogP contribution in [0.4, 0.5) is 0 Å². The topological polar surface area (TPSA) is 101 Å². The summed E-state index contributed by atoms with van der Waals surface area (Å²) in [7, 11) is 5.62. The lowest BCUT2D eigenvalue weighted by molar-refractivity contribution is -0.144. The lowest BCUT2D eigenvalue weighted by atomic mass is 9.85. The number of ether oxygens (including phenoxy) is 4. The molecule has 1 amide bonds. The number of amides is 1. The molecule has 1 unspecified atom stereocenters. The second-order valence-electron chi connectivity index (χ2n) is 10.9. The smallest absolute Gasteiger partial charge is 0.308 e. The van der Waals surface area contributed by atoms with Crippen molar-refractivity contribution >= 4 is 11.9 Å². The number of carbonyl (C=O) groups is 2. The van der Waals surface area contributed by atoms with Crippen molar-refractivity contribution in [3.63, 3.8) is 0 Å². The zero-order chi connectivity index (χ0) is 29.4. The molecule has 0 aromatic heterocycles. The quantitative estimate of drug-likeness (QED) is 0.345. The number of carboxylic acids is 1. The Labute approximate surface area is 242 Å². The molecule has 1 fully saturated rings. The van der Waals surface area contributed by atoms with Gasteiger partial charge in [0.15, 0.2) is 23.0 Å². The second kappa shape index (κ2) is 14.4. The van der Waals surface area contributed by atoms with Crippen LogP contribution in [0.15, 0.2) is 42.5 Å². The first-order valence-electron chi connectivity index (χ1n) is 14.4. The minimum atomic E-state index is -0.926. The molecule has 41 heavy (non-hydrogen) atoms. The zero-order valence-electron chi connectivity index (χ0n) is 24.6. The minimum absolute atomic E-state index is 0.00923. The van der Waals surface area contributed by atoms with Crippen molar-refractivity contribution in [3.8, 4) is 23.0 Å². The maximum absolute atomic E-state index is 13.7. The van der Waals surface area contributed by atoms with E-state index in [9.17, 15) is 14.7 Å². The van der Waals surface area contributed by atoms with Gasteiger partial charge < -0.3 is 33.9 Å². The fourth-order valence-corrected chi connectivity index (χ4v) is 5.66. The fourth-order valence-electron chi connectivity index (χ4n) is 5.66. The largest absolute Gasteiger partial charge is 0.493 e. The Morgan fingerprint density at radius 2 is 1.76 bits per heavy atom. The highest BCUT2D eigenvalue weighted by molar-refractivity contribution is 5.79. The number of fused-ring (bicyclic) bond motifs is 1. The van der Waals surface area contributed by atoms with Gasteiger partial charge in [-0.25, -0.2) is 0 Å². The van der Waals surface area contributed by atoms with Crippen LogP contribution in [-0.2, 0) is 9.59 Å². The highest BCUT2D eigenvalue weighted by Gasteiger charge is 2.48. The average Bonchev–Trinajstić information content (AvgIpc) is 3.57. The third kappa shape index (κ3) is 7.62. The lowest BCUT2D eigenvalue weighted by Gasteiger charge is -2.30. The molecular formula is C31H43N3O7. The summed E-state index contributed by atoms with van der Waals surface area (Å²) in [6.45, 7) is 5.13. The van der Waals surface area contributed by atoms with Gasteiger partial charge in [-0.15, -0.1) is 0 Å². The van der Waals surface area contributed by atoms with Crippen molar-refractivity contribution < 1.29 is 33.6 Å². The van der Waals surface area contributed by atoms with E-state index in [0.717, 1.165) is 31.4 Å². The molecule has 0 aliphatic carbocycles. The molecule has 224 valence electrons. The number of hydrogen-bond acceptors (Lipinski definition) is 8. The number of benzene rings is 2. The van der Waals surface area contributed by atoms with Crippen LogP contribution in [0.3, 0.4) is 0 Å². The number of unbranched alkanes of at least 4 members (excludes halogenated alkanes) is 1. The van der Waals surface area contributed by atoms with E-state index in [4.69, 9.17) is 18.9 Å². The van der Waals surface area contributed by atoms with Crippen LogP contribution >= 0.6 is 0 Å². The lowest BCUT2D eigenvalue weighted by Crippen LogP contribution is -2.47. The fraction of sp³-hybridized carbons (Fsp3) is 0.548. The van der Waals surface area contributed by atoms with E-state index in [2.05, 4.69) is 11.8 Å². The summed E-state index contributed by atoms with van der Waals surface area (Å²) in [5.74, 6) is 0.277. The van der Waals surface area contributed by atoms with Crippen LogP contribution in [0.2, 0.25) is 0 Å². The maximum Gasteiger partial charge on any atom is 0.308 e. The molecule has 3 atom stereocenters. The van der Waals surface area contributed by atoms with E-state index in [1.165, 1.54) is 0 Å². The van der Waals surface area contributed by atoms with E-state index in [0.29, 0.717) is 42.6 Å². The molecule has 10 nitrogen and oxygen atoms in total. The first-order valence-corrected chi connectivity index (χ1v) is 14.4. The first-order chi connectivity index (χ1) is 19.8. The van der Waals surface area contributed by atoms with Crippen LogP contribution in [-0.4, -0.2) is 105 Å². The van der Waals surface area contributed by atoms with Gasteiger partial charge >= 0.3 is 5.97 Å². The van der Waals surface area contributed by atoms with Gasteiger partial charge in [-0.1, -0.05) is 31.5 Å². The van der Waals surface area contributed by atoms with Gasteiger partial charge in [-0.05, 0) is 63.3 Å². The van der Waals surface area contributed by atoms with Crippen molar-refractivity contribution in [2.75, 3.05) is 67.3 Å². The van der Waals surface area contributed by atoms with Gasteiger partial charge in [0.05, 0.1) is 25.6 Å². The Morgan fingerprint density at radius 3 is 2.46 bits per heavy atom. The van der Waals surface area contributed by atoms with Crippen LogP contribution in [0, 0.1) is 5.92 Å². The normalized spacial score (nSPS) is 19.9. The Morgan fingerprint density at radius 1 is 1.02 bits per heavy atom. The second-order valence-corrected chi connectivity index (χ2v) is 10.9. The van der Waals surface area contributed by atoms with Crippen LogP contribution in [0.25, 0.3) is 0 Å². The molecule has 0 radical (unpaired) electrons. The molecular weight excluding hydrogens is 526 g/mol. The number of carboxylic acid groups (broad SMARTS) is 1. The summed E-state index contributed by atoms with van der Waals surface area (Å²) in [6.07, 6.45) is 2.79. The van der Waals surface area contributed by atoms with Gasteiger partial charge in [0.2, 0.25) is 12.7 Å². The number of para-hydroxylation sites is 2. The standard InChI is InChI=1S/C31H43N3O7/c1-5-6-15-33(16-9-14-32(2)3)29(35)19-34-18-23(22-12-13-27-28(17-22)41-21-40-27)30(31(36)37)24(34)20-39-26-11-8-7-10-25(26)38-4/h7-8,10-13,17,23-24,30H,5-6,9,14-16,18-21H2,1-4H3,(H,36,37)/t23-,24+,30?/m1/s1.